The topological polar surface area (TPSA) is 47.5 Å². The average molecular weight is 190 g/mol. The monoisotopic (exact) mass is 190 g/mol. The minimum Gasteiger partial charge on any atom is -0.260 e. The molecule has 72 valence electrons. The molecule has 1 rings (SSSR count). The molecule has 0 N–H and O–H groups in total. The maximum absolute atomic E-state index is 10.6. The van der Waals surface area contributed by atoms with Crippen LogP contribution in [0, 0.1) is 16.7 Å². The fourth-order valence-corrected chi connectivity index (χ4v) is 1.14. The first-order valence-electron chi connectivity index (χ1n) is 4.22. The summed E-state index contributed by atoms with van der Waals surface area (Å²) in [5.41, 5.74) is 0.870. The Kier molecular flexibility index (Phi) is 2.82. The smallest absolute Gasteiger partial charge is 0.260 e. The summed E-state index contributed by atoms with van der Waals surface area (Å²) in [5, 5.41) is 10.6. The normalized spacial score (nSPS) is 9.86. The van der Waals surface area contributed by atoms with E-state index >= 15 is 0 Å². The molecule has 4 heteroatoms. The molecule has 0 unspecified atom stereocenters. The summed E-state index contributed by atoms with van der Waals surface area (Å²) < 4.78 is 0. The molecule has 0 heterocycles. The highest BCUT2D eigenvalue weighted by atomic mass is 16.6. The first-order valence-corrected chi connectivity index (χ1v) is 4.22. The van der Waals surface area contributed by atoms with Gasteiger partial charge in [-0.25, -0.2) is 4.85 Å². The lowest BCUT2D eigenvalue weighted by atomic mass is 10.0. The predicted molar refractivity (Wildman–Crippen MR) is 53.4 cm³/mol. The van der Waals surface area contributed by atoms with Crippen LogP contribution in [-0.4, -0.2) is 4.92 Å². The molecule has 0 aromatic heterocycles. The summed E-state index contributed by atoms with van der Waals surface area (Å²) in [7, 11) is 0. The zero-order valence-electron chi connectivity index (χ0n) is 8.02. The van der Waals surface area contributed by atoms with Crippen LogP contribution in [0.4, 0.5) is 11.4 Å². The maximum Gasteiger partial charge on any atom is 0.279 e. The predicted octanol–water partition coefficient (Wildman–Crippen LogP) is 3.27. The van der Waals surface area contributed by atoms with Crippen molar-refractivity contribution >= 4 is 11.4 Å². The zero-order valence-corrected chi connectivity index (χ0v) is 8.02. The summed E-state index contributed by atoms with van der Waals surface area (Å²) in [6.07, 6.45) is 0. The summed E-state index contributed by atoms with van der Waals surface area (Å²) in [6.45, 7) is 10.7. The van der Waals surface area contributed by atoms with Gasteiger partial charge in [0.2, 0.25) is 0 Å². The van der Waals surface area contributed by atoms with Gasteiger partial charge >= 0.3 is 0 Å². The van der Waals surface area contributed by atoms with Gasteiger partial charge in [-0.1, -0.05) is 19.9 Å². The molecule has 14 heavy (non-hydrogen) atoms. The van der Waals surface area contributed by atoms with Gasteiger partial charge in [0.25, 0.3) is 11.4 Å². The van der Waals surface area contributed by atoms with Gasteiger partial charge in [0.05, 0.1) is 11.5 Å². The molecule has 0 aliphatic heterocycles. The molecule has 1 aromatic carbocycles. The number of nitro benzene ring substituents is 1. The molecule has 0 fully saturated rings. The van der Waals surface area contributed by atoms with Gasteiger partial charge in [-0.2, -0.15) is 0 Å². The van der Waals surface area contributed by atoms with Crippen LogP contribution in [0.2, 0.25) is 0 Å². The van der Waals surface area contributed by atoms with Crippen LogP contribution in [0.15, 0.2) is 18.2 Å². The Balaban J connectivity index is 3.30. The summed E-state index contributed by atoms with van der Waals surface area (Å²) >= 11 is 0. The third-order valence-electron chi connectivity index (χ3n) is 1.98. The van der Waals surface area contributed by atoms with Crippen molar-refractivity contribution in [2.24, 2.45) is 0 Å². The number of hydrogen-bond acceptors (Lipinski definition) is 2. The summed E-state index contributed by atoms with van der Waals surface area (Å²) in [5.74, 6) is 0.230. The van der Waals surface area contributed by atoms with Crippen LogP contribution >= 0.6 is 0 Å². The van der Waals surface area contributed by atoms with Gasteiger partial charge in [-0.05, 0) is 17.5 Å². The SMILES string of the molecule is [C-]#[N+]c1ccc(C(C)C)cc1[N+](=O)[O-]. The highest BCUT2D eigenvalue weighted by Gasteiger charge is 2.15. The van der Waals surface area contributed by atoms with E-state index in [0.29, 0.717) is 0 Å². The van der Waals surface area contributed by atoms with Crippen molar-refractivity contribution in [3.63, 3.8) is 0 Å². The number of hydrogen-bond donors (Lipinski definition) is 0. The van der Waals surface area contributed by atoms with E-state index in [4.69, 9.17) is 6.57 Å². The molecule has 4 nitrogen and oxygen atoms in total. The van der Waals surface area contributed by atoms with Gasteiger partial charge in [0, 0.05) is 6.07 Å². The van der Waals surface area contributed by atoms with Gasteiger partial charge in [0.1, 0.15) is 0 Å². The van der Waals surface area contributed by atoms with E-state index in [0.717, 1.165) is 5.56 Å². The lowest BCUT2D eigenvalue weighted by Gasteiger charge is -2.04. The van der Waals surface area contributed by atoms with Crippen molar-refractivity contribution in [3.05, 3.63) is 45.3 Å². The molecule has 0 spiro atoms. The minimum atomic E-state index is -0.515. The maximum atomic E-state index is 10.6. The molecule has 0 amide bonds. The molecular weight excluding hydrogens is 180 g/mol. The van der Waals surface area contributed by atoms with Crippen LogP contribution in [-0.2, 0) is 0 Å². The van der Waals surface area contributed by atoms with Crippen LogP contribution in [0.25, 0.3) is 4.85 Å². The second-order valence-electron chi connectivity index (χ2n) is 3.27. The number of nitrogens with zero attached hydrogens (tertiary/aromatic N) is 2. The second-order valence-corrected chi connectivity index (χ2v) is 3.27. The molecule has 0 saturated carbocycles. The van der Waals surface area contributed by atoms with Crippen LogP contribution < -0.4 is 0 Å². The Labute approximate surface area is 82.1 Å². The van der Waals surface area contributed by atoms with Crippen molar-refractivity contribution in [3.8, 4) is 0 Å². The first-order chi connectivity index (χ1) is 6.56. The van der Waals surface area contributed by atoms with E-state index in [2.05, 4.69) is 4.85 Å². The highest BCUT2D eigenvalue weighted by Crippen LogP contribution is 2.30. The Morgan fingerprint density at radius 2 is 2.14 bits per heavy atom. The van der Waals surface area contributed by atoms with E-state index in [9.17, 15) is 10.1 Å². The van der Waals surface area contributed by atoms with Gasteiger partial charge in [0.15, 0.2) is 0 Å². The van der Waals surface area contributed by atoms with Crippen LogP contribution in [0.3, 0.4) is 0 Å². The highest BCUT2D eigenvalue weighted by molar-refractivity contribution is 5.63. The second kappa shape index (κ2) is 3.88. The fraction of sp³-hybridized carbons (Fsp3) is 0.300. The van der Waals surface area contributed by atoms with Crippen LogP contribution in [0.1, 0.15) is 25.3 Å². The van der Waals surface area contributed by atoms with Crippen molar-refractivity contribution in [2.45, 2.75) is 19.8 Å². The molecular formula is C10H10N2O2. The number of rotatable bonds is 2. The van der Waals surface area contributed by atoms with Gasteiger partial charge < -0.3 is 0 Å². The zero-order chi connectivity index (χ0) is 10.7. The van der Waals surface area contributed by atoms with E-state index in [1.54, 1.807) is 6.07 Å². The van der Waals surface area contributed by atoms with Crippen molar-refractivity contribution in [1.82, 2.24) is 0 Å². The largest absolute Gasteiger partial charge is 0.279 e. The Morgan fingerprint density at radius 3 is 2.57 bits per heavy atom. The lowest BCUT2D eigenvalue weighted by molar-refractivity contribution is -0.383. The molecule has 0 saturated heterocycles. The van der Waals surface area contributed by atoms with Crippen molar-refractivity contribution in [1.29, 1.82) is 0 Å². The third-order valence-corrected chi connectivity index (χ3v) is 1.98. The Bertz CT molecular complexity index is 405. The van der Waals surface area contributed by atoms with Crippen molar-refractivity contribution < 1.29 is 4.92 Å². The average Bonchev–Trinajstić information content (AvgIpc) is 2.16. The first kappa shape index (κ1) is 10.2. The van der Waals surface area contributed by atoms with Gasteiger partial charge in [-0.3, -0.25) is 10.1 Å². The fourth-order valence-electron chi connectivity index (χ4n) is 1.14. The summed E-state index contributed by atoms with van der Waals surface area (Å²) in [6, 6.07) is 4.73. The van der Waals surface area contributed by atoms with E-state index in [1.807, 2.05) is 13.8 Å². The quantitative estimate of drug-likeness (QED) is 0.408. The number of nitro groups is 1. The molecule has 0 bridgehead atoms. The molecule has 0 aliphatic rings. The van der Waals surface area contributed by atoms with E-state index in [1.165, 1.54) is 12.1 Å². The van der Waals surface area contributed by atoms with Crippen molar-refractivity contribution in [2.75, 3.05) is 0 Å². The lowest BCUT2D eigenvalue weighted by Crippen LogP contribution is -1.92. The molecule has 0 aliphatic carbocycles. The number of benzene rings is 1. The Morgan fingerprint density at radius 1 is 1.50 bits per heavy atom. The van der Waals surface area contributed by atoms with Crippen LogP contribution in [0.5, 0.6) is 0 Å². The van der Waals surface area contributed by atoms with E-state index < -0.39 is 4.92 Å². The standard InChI is InChI=1S/C10H10N2O2/c1-7(2)8-4-5-9(11-3)10(6-8)12(13)14/h4-7H,1-2H3. The molecule has 1 aromatic rings. The molecule has 0 radical (unpaired) electrons. The Hall–Kier alpha value is -1.89. The van der Waals surface area contributed by atoms with Gasteiger partial charge in [-0.15, -0.1) is 0 Å². The molecule has 0 atom stereocenters. The van der Waals surface area contributed by atoms with E-state index in [-0.39, 0.29) is 17.3 Å². The minimum absolute atomic E-state index is 0.0967. The third kappa shape index (κ3) is 1.88. The summed E-state index contributed by atoms with van der Waals surface area (Å²) in [4.78, 5) is 13.2.